The average molecular weight is 388 g/mol. The minimum atomic E-state index is -0.967. The molecule has 140 valence electrons. The molecule has 3 aromatic rings. The van der Waals surface area contributed by atoms with Crippen molar-refractivity contribution >= 4 is 33.1 Å². The number of halogens is 2. The van der Waals surface area contributed by atoms with Crippen LogP contribution in [0.5, 0.6) is 0 Å². The van der Waals surface area contributed by atoms with Gasteiger partial charge in [0.2, 0.25) is 0 Å². The van der Waals surface area contributed by atoms with Crippen LogP contribution >= 0.6 is 11.3 Å². The first-order valence-corrected chi connectivity index (χ1v) is 9.87. The van der Waals surface area contributed by atoms with Crippen LogP contribution in [-0.4, -0.2) is 24.0 Å². The zero-order valence-corrected chi connectivity index (χ0v) is 15.5. The van der Waals surface area contributed by atoms with Crippen LogP contribution in [0.15, 0.2) is 42.5 Å². The molecule has 1 fully saturated rings. The fraction of sp³-hybridized carbons (Fsp3) is 0.300. The SMILES string of the molecule is O=C(C[NH+]1CCCC[C@H]1c1nc2ccccc2s1)Nc1ccc(F)c(F)c1. The Kier molecular flexibility index (Phi) is 5.13. The van der Waals surface area contributed by atoms with Gasteiger partial charge in [-0.1, -0.05) is 12.1 Å². The summed E-state index contributed by atoms with van der Waals surface area (Å²) in [5, 5.41) is 3.73. The highest BCUT2D eigenvalue weighted by molar-refractivity contribution is 7.18. The number of carbonyl (C=O) groups is 1. The summed E-state index contributed by atoms with van der Waals surface area (Å²) in [6.07, 6.45) is 3.18. The third-order valence-electron chi connectivity index (χ3n) is 4.93. The molecule has 0 radical (unpaired) electrons. The van der Waals surface area contributed by atoms with Crippen LogP contribution in [0.1, 0.15) is 30.3 Å². The number of fused-ring (bicyclic) bond motifs is 1. The van der Waals surface area contributed by atoms with E-state index in [4.69, 9.17) is 4.98 Å². The first-order chi connectivity index (χ1) is 13.1. The van der Waals surface area contributed by atoms with Gasteiger partial charge in [0.1, 0.15) is 6.04 Å². The highest BCUT2D eigenvalue weighted by Gasteiger charge is 2.31. The van der Waals surface area contributed by atoms with E-state index in [1.54, 1.807) is 11.3 Å². The Bertz CT molecular complexity index is 942. The number of likely N-dealkylation sites (tertiary alicyclic amines) is 1. The maximum Gasteiger partial charge on any atom is 0.279 e. The maximum atomic E-state index is 13.3. The molecular weight excluding hydrogens is 368 g/mol. The first kappa shape index (κ1) is 18.0. The molecule has 4 rings (SSSR count). The molecule has 1 aliphatic rings. The largest absolute Gasteiger partial charge is 0.321 e. The number of nitrogens with zero attached hydrogens (tertiary/aromatic N) is 1. The zero-order chi connectivity index (χ0) is 18.8. The highest BCUT2D eigenvalue weighted by atomic mass is 32.1. The monoisotopic (exact) mass is 388 g/mol. The number of quaternary nitrogens is 1. The number of anilines is 1. The van der Waals surface area contributed by atoms with Crippen LogP contribution in [0.3, 0.4) is 0 Å². The van der Waals surface area contributed by atoms with Gasteiger partial charge in [-0.05, 0) is 37.1 Å². The topological polar surface area (TPSA) is 46.4 Å². The van der Waals surface area contributed by atoms with Gasteiger partial charge in [-0.25, -0.2) is 13.8 Å². The van der Waals surface area contributed by atoms with Gasteiger partial charge in [0.25, 0.3) is 5.91 Å². The molecule has 1 aromatic heterocycles. The van der Waals surface area contributed by atoms with Gasteiger partial charge >= 0.3 is 0 Å². The standard InChI is InChI=1S/C20H19F2N3OS/c21-14-9-8-13(11-15(14)22)23-19(26)12-25-10-4-3-6-17(25)20-24-16-5-1-2-7-18(16)27-20/h1-2,5,7-9,11,17H,3-4,6,10,12H2,(H,23,26)/p+1/t17-/m0/s1. The second kappa shape index (κ2) is 7.70. The second-order valence-electron chi connectivity index (χ2n) is 6.83. The van der Waals surface area contributed by atoms with E-state index in [2.05, 4.69) is 11.4 Å². The summed E-state index contributed by atoms with van der Waals surface area (Å²) >= 11 is 1.69. The lowest BCUT2D eigenvalue weighted by molar-refractivity contribution is -0.929. The third kappa shape index (κ3) is 3.99. The van der Waals surface area contributed by atoms with Crippen LogP contribution in [0.4, 0.5) is 14.5 Å². The number of hydrogen-bond acceptors (Lipinski definition) is 3. The van der Waals surface area contributed by atoms with Crippen molar-refractivity contribution in [1.82, 2.24) is 4.98 Å². The lowest BCUT2D eigenvalue weighted by Crippen LogP contribution is -3.14. The summed E-state index contributed by atoms with van der Waals surface area (Å²) in [5.41, 5.74) is 1.26. The number of piperidine rings is 1. The molecule has 1 amide bonds. The van der Waals surface area contributed by atoms with Crippen molar-refractivity contribution in [2.75, 3.05) is 18.4 Å². The molecule has 0 saturated carbocycles. The number of nitrogens with one attached hydrogen (secondary N) is 2. The van der Waals surface area contributed by atoms with Crippen molar-refractivity contribution in [3.8, 4) is 0 Å². The summed E-state index contributed by atoms with van der Waals surface area (Å²) in [5.74, 6) is -2.10. The molecule has 2 aromatic carbocycles. The lowest BCUT2D eigenvalue weighted by atomic mass is 10.0. The van der Waals surface area contributed by atoms with Crippen molar-refractivity contribution < 1.29 is 18.5 Å². The van der Waals surface area contributed by atoms with E-state index in [9.17, 15) is 13.6 Å². The summed E-state index contributed by atoms with van der Waals surface area (Å²) < 4.78 is 27.5. The molecule has 1 aliphatic heterocycles. The molecule has 1 unspecified atom stereocenters. The lowest BCUT2D eigenvalue weighted by Gasteiger charge is -2.30. The summed E-state index contributed by atoms with van der Waals surface area (Å²) in [7, 11) is 0. The Morgan fingerprint density at radius 2 is 2.04 bits per heavy atom. The molecule has 1 saturated heterocycles. The molecule has 2 N–H and O–H groups in total. The quantitative estimate of drug-likeness (QED) is 0.720. The highest BCUT2D eigenvalue weighted by Crippen LogP contribution is 2.28. The minimum absolute atomic E-state index is 0.187. The molecular formula is C20H20F2N3OS+. The number of thiazole rings is 1. The van der Waals surface area contributed by atoms with Gasteiger partial charge in [-0.3, -0.25) is 4.79 Å². The van der Waals surface area contributed by atoms with Gasteiger partial charge in [0.15, 0.2) is 23.2 Å². The second-order valence-corrected chi connectivity index (χ2v) is 7.89. The number of rotatable bonds is 4. The van der Waals surface area contributed by atoms with Crippen LogP contribution in [0.25, 0.3) is 10.2 Å². The average Bonchev–Trinajstić information content (AvgIpc) is 3.09. The maximum absolute atomic E-state index is 13.3. The van der Waals surface area contributed by atoms with Crippen molar-refractivity contribution in [2.45, 2.75) is 25.3 Å². The fourth-order valence-electron chi connectivity index (χ4n) is 3.61. The van der Waals surface area contributed by atoms with Gasteiger partial charge < -0.3 is 10.2 Å². The van der Waals surface area contributed by atoms with Gasteiger partial charge in [-0.15, -0.1) is 11.3 Å². The van der Waals surface area contributed by atoms with Crippen LogP contribution in [0, 0.1) is 11.6 Å². The van der Waals surface area contributed by atoms with Crippen LogP contribution in [0.2, 0.25) is 0 Å². The van der Waals surface area contributed by atoms with E-state index in [-0.39, 0.29) is 24.2 Å². The number of para-hydroxylation sites is 1. The van der Waals surface area contributed by atoms with Crippen molar-refractivity contribution in [1.29, 1.82) is 0 Å². The van der Waals surface area contributed by atoms with Crippen molar-refractivity contribution in [3.63, 3.8) is 0 Å². The van der Waals surface area contributed by atoms with E-state index in [1.165, 1.54) is 11.0 Å². The van der Waals surface area contributed by atoms with Gasteiger partial charge in [0, 0.05) is 18.2 Å². The predicted molar refractivity (Wildman–Crippen MR) is 102 cm³/mol. The number of benzene rings is 2. The molecule has 4 nitrogen and oxygen atoms in total. The summed E-state index contributed by atoms with van der Waals surface area (Å²) in [6.45, 7) is 1.17. The Labute approximate surface area is 159 Å². The van der Waals surface area contributed by atoms with E-state index in [0.717, 1.165) is 53.2 Å². The Morgan fingerprint density at radius 3 is 2.85 bits per heavy atom. The van der Waals surface area contributed by atoms with Crippen molar-refractivity contribution in [3.05, 3.63) is 59.1 Å². The molecule has 27 heavy (non-hydrogen) atoms. The molecule has 0 spiro atoms. The molecule has 0 bridgehead atoms. The van der Waals surface area contributed by atoms with Crippen molar-refractivity contribution in [2.24, 2.45) is 0 Å². The van der Waals surface area contributed by atoms with E-state index in [1.807, 2.05) is 18.2 Å². The summed E-state index contributed by atoms with van der Waals surface area (Å²) in [6, 6.07) is 11.6. The molecule has 0 aliphatic carbocycles. The Balaban J connectivity index is 1.48. The smallest absolute Gasteiger partial charge is 0.279 e. The normalized spacial score (nSPS) is 19.9. The molecule has 2 heterocycles. The molecule has 2 atom stereocenters. The number of amides is 1. The number of hydrogen-bond donors (Lipinski definition) is 2. The number of aromatic nitrogens is 1. The van der Waals surface area contributed by atoms with E-state index < -0.39 is 11.6 Å². The van der Waals surface area contributed by atoms with Gasteiger partial charge in [-0.2, -0.15) is 0 Å². The Hall–Kier alpha value is -2.38. The number of carbonyl (C=O) groups excluding carboxylic acids is 1. The minimum Gasteiger partial charge on any atom is -0.321 e. The fourth-order valence-corrected chi connectivity index (χ4v) is 4.77. The van der Waals surface area contributed by atoms with Crippen LogP contribution in [-0.2, 0) is 4.79 Å². The molecule has 7 heteroatoms. The van der Waals surface area contributed by atoms with Gasteiger partial charge in [0.05, 0.1) is 16.8 Å². The summed E-state index contributed by atoms with van der Waals surface area (Å²) in [4.78, 5) is 18.4. The van der Waals surface area contributed by atoms with E-state index in [0.29, 0.717) is 0 Å². The Morgan fingerprint density at radius 1 is 1.19 bits per heavy atom. The third-order valence-corrected chi connectivity index (χ3v) is 6.08. The predicted octanol–water partition coefficient (Wildman–Crippen LogP) is 3.32. The van der Waals surface area contributed by atoms with Crippen LogP contribution < -0.4 is 10.2 Å². The first-order valence-electron chi connectivity index (χ1n) is 9.05. The zero-order valence-electron chi connectivity index (χ0n) is 14.7. The van der Waals surface area contributed by atoms with E-state index >= 15 is 0 Å².